The molecule has 0 amide bonds. The van der Waals surface area contributed by atoms with Crippen molar-refractivity contribution in [3.05, 3.63) is 41.7 Å². The highest BCUT2D eigenvalue weighted by Gasteiger charge is 2.30. The van der Waals surface area contributed by atoms with Crippen molar-refractivity contribution in [2.45, 2.75) is 18.7 Å². The first-order valence-corrected chi connectivity index (χ1v) is 10.2. The first kappa shape index (κ1) is 19.1. The predicted octanol–water partition coefficient (Wildman–Crippen LogP) is 1.60. The molecule has 9 heteroatoms. The smallest absolute Gasteiger partial charge is 0.244 e. The zero-order valence-corrected chi connectivity index (χ0v) is 16.2. The second-order valence-electron chi connectivity index (χ2n) is 6.19. The molecule has 0 spiro atoms. The van der Waals surface area contributed by atoms with Crippen LogP contribution in [0.5, 0.6) is 0 Å². The quantitative estimate of drug-likeness (QED) is 0.832. The summed E-state index contributed by atoms with van der Waals surface area (Å²) in [5.74, 6) is 2.22. The minimum atomic E-state index is -3.70. The van der Waals surface area contributed by atoms with Gasteiger partial charge in [-0.25, -0.2) is 18.4 Å². The van der Waals surface area contributed by atoms with Crippen LogP contribution >= 0.6 is 0 Å². The lowest BCUT2D eigenvalue weighted by molar-refractivity contribution is 0.383. The van der Waals surface area contributed by atoms with Crippen LogP contribution in [0.15, 0.2) is 35.2 Å². The van der Waals surface area contributed by atoms with Gasteiger partial charge in [-0.15, -0.1) is 0 Å². The zero-order valence-electron chi connectivity index (χ0n) is 15.4. The van der Waals surface area contributed by atoms with Gasteiger partial charge < -0.3 is 10.2 Å². The van der Waals surface area contributed by atoms with Crippen LogP contribution in [0.1, 0.15) is 18.3 Å². The summed E-state index contributed by atoms with van der Waals surface area (Å²) >= 11 is 0. The summed E-state index contributed by atoms with van der Waals surface area (Å²) in [5, 5.41) is 12.4. The van der Waals surface area contributed by atoms with Crippen LogP contribution in [-0.2, 0) is 10.0 Å². The molecule has 1 N–H and O–H groups in total. The van der Waals surface area contributed by atoms with E-state index in [2.05, 4.69) is 20.2 Å². The van der Waals surface area contributed by atoms with Gasteiger partial charge in [0.15, 0.2) is 0 Å². The lowest BCUT2D eigenvalue weighted by Crippen LogP contribution is -2.49. The number of nitriles is 1. The lowest BCUT2D eigenvalue weighted by atomic mass is 10.2. The highest BCUT2D eigenvalue weighted by atomic mass is 32.2. The summed E-state index contributed by atoms with van der Waals surface area (Å²) < 4.78 is 27.3. The van der Waals surface area contributed by atoms with Gasteiger partial charge in [0, 0.05) is 38.8 Å². The largest absolute Gasteiger partial charge is 0.370 e. The van der Waals surface area contributed by atoms with Gasteiger partial charge in [-0.05, 0) is 26.0 Å². The Bertz CT molecular complexity index is 962. The molecule has 1 aliphatic heterocycles. The molecule has 0 aliphatic carbocycles. The minimum Gasteiger partial charge on any atom is -0.370 e. The number of rotatable bonds is 5. The first-order chi connectivity index (χ1) is 13.0. The summed E-state index contributed by atoms with van der Waals surface area (Å²) in [6.07, 6.45) is 0. The molecular formula is C18H22N6O2S. The van der Waals surface area contributed by atoms with Gasteiger partial charge in [0.1, 0.15) is 23.5 Å². The predicted molar refractivity (Wildman–Crippen MR) is 103 cm³/mol. The highest BCUT2D eigenvalue weighted by Crippen LogP contribution is 2.23. The van der Waals surface area contributed by atoms with Gasteiger partial charge in [0.05, 0.1) is 10.5 Å². The highest BCUT2D eigenvalue weighted by molar-refractivity contribution is 7.89. The van der Waals surface area contributed by atoms with Crippen molar-refractivity contribution in [2.75, 3.05) is 42.9 Å². The Hall–Kier alpha value is -2.70. The maximum atomic E-state index is 12.9. The third-order valence-corrected chi connectivity index (χ3v) is 6.33. The molecule has 142 valence electrons. The van der Waals surface area contributed by atoms with Crippen molar-refractivity contribution in [1.29, 1.82) is 5.26 Å². The van der Waals surface area contributed by atoms with E-state index in [1.54, 1.807) is 12.1 Å². The van der Waals surface area contributed by atoms with E-state index in [9.17, 15) is 13.7 Å². The molecule has 1 fully saturated rings. The van der Waals surface area contributed by atoms with Crippen LogP contribution < -0.4 is 10.2 Å². The second-order valence-corrected chi connectivity index (χ2v) is 8.09. The number of piperazine rings is 1. The summed E-state index contributed by atoms with van der Waals surface area (Å²) in [7, 11) is -3.70. The van der Waals surface area contributed by atoms with Gasteiger partial charge >= 0.3 is 0 Å². The molecule has 8 nitrogen and oxygen atoms in total. The van der Waals surface area contributed by atoms with Crippen molar-refractivity contribution >= 4 is 21.7 Å². The molecule has 3 rings (SSSR count). The normalized spacial score (nSPS) is 15.4. The lowest BCUT2D eigenvalue weighted by Gasteiger charge is -2.35. The molecule has 0 atom stereocenters. The van der Waals surface area contributed by atoms with E-state index in [4.69, 9.17) is 0 Å². The number of hydrogen-bond donors (Lipinski definition) is 1. The van der Waals surface area contributed by atoms with E-state index in [1.165, 1.54) is 16.4 Å². The average molecular weight is 386 g/mol. The van der Waals surface area contributed by atoms with E-state index in [0.717, 1.165) is 18.2 Å². The average Bonchev–Trinajstić information content (AvgIpc) is 2.68. The molecule has 2 aromatic rings. The fourth-order valence-corrected chi connectivity index (χ4v) is 4.63. The molecule has 2 heterocycles. The Balaban J connectivity index is 1.77. The molecule has 1 saturated heterocycles. The molecule has 1 aromatic heterocycles. The van der Waals surface area contributed by atoms with E-state index in [0.29, 0.717) is 32.0 Å². The standard InChI is InChI=1S/C18H22N6O2S/c1-3-20-17-12-18(22-14(2)21-17)23-8-10-24(11-9-23)27(25,26)16-7-5-4-6-15(16)13-19/h4-7,12H,3,8-11H2,1-2H3,(H,20,21,22). The number of aryl methyl sites for hydroxylation is 1. The Kier molecular flexibility index (Phi) is 5.58. The number of nitrogens with one attached hydrogen (secondary N) is 1. The molecule has 1 aromatic carbocycles. The fourth-order valence-electron chi connectivity index (χ4n) is 3.07. The molecule has 0 bridgehead atoms. The molecular weight excluding hydrogens is 364 g/mol. The third-order valence-electron chi connectivity index (χ3n) is 4.37. The Morgan fingerprint density at radius 1 is 1.19 bits per heavy atom. The van der Waals surface area contributed by atoms with E-state index >= 15 is 0 Å². The maximum absolute atomic E-state index is 12.9. The Labute approximate surface area is 159 Å². The van der Waals surface area contributed by atoms with Crippen LogP contribution in [0.4, 0.5) is 11.6 Å². The topological polar surface area (TPSA) is 102 Å². The van der Waals surface area contributed by atoms with Gasteiger partial charge in [0.2, 0.25) is 10.0 Å². The van der Waals surface area contributed by atoms with Crippen molar-refractivity contribution in [1.82, 2.24) is 14.3 Å². The minimum absolute atomic E-state index is 0.0632. The van der Waals surface area contributed by atoms with E-state index in [1.807, 2.05) is 26.0 Å². The number of sulfonamides is 1. The van der Waals surface area contributed by atoms with Crippen LogP contribution in [-0.4, -0.2) is 55.4 Å². The number of nitrogens with zero attached hydrogens (tertiary/aromatic N) is 5. The van der Waals surface area contributed by atoms with Gasteiger partial charge in [-0.1, -0.05) is 12.1 Å². The van der Waals surface area contributed by atoms with E-state index < -0.39 is 10.0 Å². The summed E-state index contributed by atoms with van der Waals surface area (Å²) in [6, 6.07) is 10.1. The van der Waals surface area contributed by atoms with Gasteiger partial charge in [0.25, 0.3) is 0 Å². The van der Waals surface area contributed by atoms with E-state index in [-0.39, 0.29) is 10.5 Å². The van der Waals surface area contributed by atoms with Crippen molar-refractivity contribution in [2.24, 2.45) is 0 Å². The molecule has 0 saturated carbocycles. The van der Waals surface area contributed by atoms with Crippen molar-refractivity contribution in [3.8, 4) is 6.07 Å². The van der Waals surface area contributed by atoms with Crippen LogP contribution in [0.3, 0.4) is 0 Å². The number of benzene rings is 1. The fraction of sp³-hybridized carbons (Fsp3) is 0.389. The van der Waals surface area contributed by atoms with Crippen LogP contribution in [0.2, 0.25) is 0 Å². The third kappa shape index (κ3) is 4.02. The second kappa shape index (κ2) is 7.90. The molecule has 1 aliphatic rings. The van der Waals surface area contributed by atoms with Crippen molar-refractivity contribution < 1.29 is 8.42 Å². The zero-order chi connectivity index (χ0) is 19.4. The van der Waals surface area contributed by atoms with Gasteiger partial charge in [-0.3, -0.25) is 0 Å². The molecule has 0 radical (unpaired) electrons. The Morgan fingerprint density at radius 3 is 2.56 bits per heavy atom. The first-order valence-electron chi connectivity index (χ1n) is 8.79. The van der Waals surface area contributed by atoms with Crippen LogP contribution in [0.25, 0.3) is 0 Å². The van der Waals surface area contributed by atoms with Crippen molar-refractivity contribution in [3.63, 3.8) is 0 Å². The SMILES string of the molecule is CCNc1cc(N2CCN(S(=O)(=O)c3ccccc3C#N)CC2)nc(C)n1. The summed E-state index contributed by atoms with van der Waals surface area (Å²) in [6.45, 7) is 6.32. The monoisotopic (exact) mass is 386 g/mol. The summed E-state index contributed by atoms with van der Waals surface area (Å²) in [4.78, 5) is 10.9. The molecule has 27 heavy (non-hydrogen) atoms. The number of aromatic nitrogens is 2. The number of hydrogen-bond acceptors (Lipinski definition) is 7. The Morgan fingerprint density at radius 2 is 1.89 bits per heavy atom. The van der Waals surface area contributed by atoms with Crippen LogP contribution in [0, 0.1) is 18.3 Å². The summed E-state index contributed by atoms with van der Waals surface area (Å²) in [5.41, 5.74) is 0.168. The molecule has 0 unspecified atom stereocenters. The van der Waals surface area contributed by atoms with Gasteiger partial charge in [-0.2, -0.15) is 9.57 Å². The maximum Gasteiger partial charge on any atom is 0.244 e. The number of anilines is 2.